The highest BCUT2D eigenvalue weighted by atomic mass is 127. The van der Waals surface area contributed by atoms with Crippen LogP contribution in [0.2, 0.25) is 0 Å². The number of nitrogens with one attached hydrogen (secondary N) is 2. The zero-order valence-corrected chi connectivity index (χ0v) is 20.1. The van der Waals surface area contributed by atoms with Crippen LogP contribution in [0.4, 0.5) is 0 Å². The predicted molar refractivity (Wildman–Crippen MR) is 130 cm³/mol. The molecule has 2 aliphatic carbocycles. The van der Waals surface area contributed by atoms with Gasteiger partial charge < -0.3 is 20.3 Å². The minimum Gasteiger partial charge on any atom is -0.373 e. The standard InChI is InChI=1S/C23H36N4O.HI/c1-24-23(26-19-12-15-27(16-13-19)20-10-11-20)25-14-5-17-28-22-9-4-7-18-6-2-3-8-21(18)22;/h2-3,6,8,19-20,22H,4-5,7,9-17H2,1H3,(H2,24,25,26);1H. The third kappa shape index (κ3) is 6.56. The van der Waals surface area contributed by atoms with Crippen molar-refractivity contribution in [3.05, 3.63) is 35.4 Å². The summed E-state index contributed by atoms with van der Waals surface area (Å²) in [6, 6.07) is 10.2. The lowest BCUT2D eigenvalue weighted by atomic mass is 9.89. The second-order valence-corrected chi connectivity index (χ2v) is 8.49. The molecule has 0 spiro atoms. The van der Waals surface area contributed by atoms with E-state index in [9.17, 15) is 0 Å². The Bertz CT molecular complexity index is 656. The normalized spacial score (nSPS) is 23.2. The Morgan fingerprint density at radius 1 is 1.14 bits per heavy atom. The van der Waals surface area contributed by atoms with Gasteiger partial charge in [0.1, 0.15) is 0 Å². The fraction of sp³-hybridized carbons (Fsp3) is 0.696. The first kappa shape index (κ1) is 22.8. The van der Waals surface area contributed by atoms with Gasteiger partial charge in [0.05, 0.1) is 6.10 Å². The summed E-state index contributed by atoms with van der Waals surface area (Å²) in [5, 5.41) is 7.08. The van der Waals surface area contributed by atoms with E-state index in [1.807, 2.05) is 7.05 Å². The second kappa shape index (κ2) is 11.5. The number of guanidine groups is 1. The molecule has 1 saturated heterocycles. The average Bonchev–Trinajstić information content (AvgIpc) is 3.58. The number of nitrogens with zero attached hydrogens (tertiary/aromatic N) is 2. The molecule has 0 aromatic heterocycles. The Balaban J connectivity index is 0.00000240. The third-order valence-corrected chi connectivity index (χ3v) is 6.40. The summed E-state index contributed by atoms with van der Waals surface area (Å²) in [6.45, 7) is 4.16. The average molecular weight is 512 g/mol. The van der Waals surface area contributed by atoms with Crippen LogP contribution in [-0.4, -0.2) is 56.2 Å². The van der Waals surface area contributed by atoms with Crippen LogP contribution in [0.1, 0.15) is 62.2 Å². The predicted octanol–water partition coefficient (Wildman–Crippen LogP) is 3.88. The minimum atomic E-state index is 0. The smallest absolute Gasteiger partial charge is 0.191 e. The van der Waals surface area contributed by atoms with Crippen LogP contribution in [-0.2, 0) is 11.2 Å². The van der Waals surface area contributed by atoms with E-state index in [1.165, 1.54) is 62.7 Å². The van der Waals surface area contributed by atoms with Gasteiger partial charge in [0, 0.05) is 45.4 Å². The lowest BCUT2D eigenvalue weighted by Gasteiger charge is -2.33. The van der Waals surface area contributed by atoms with Gasteiger partial charge in [-0.15, -0.1) is 24.0 Å². The Morgan fingerprint density at radius 3 is 2.69 bits per heavy atom. The summed E-state index contributed by atoms with van der Waals surface area (Å²) in [5.74, 6) is 0.938. The molecule has 0 radical (unpaired) electrons. The molecular weight excluding hydrogens is 475 g/mol. The zero-order valence-electron chi connectivity index (χ0n) is 17.7. The summed E-state index contributed by atoms with van der Waals surface area (Å²) in [4.78, 5) is 7.07. The van der Waals surface area contributed by atoms with Crippen molar-refractivity contribution in [3.8, 4) is 0 Å². The van der Waals surface area contributed by atoms with Crippen molar-refractivity contribution in [3.63, 3.8) is 0 Å². The lowest BCUT2D eigenvalue weighted by molar-refractivity contribution is 0.0398. The number of aryl methyl sites for hydroxylation is 1. The molecule has 2 fully saturated rings. The number of benzene rings is 1. The number of fused-ring (bicyclic) bond motifs is 1. The number of piperidine rings is 1. The Morgan fingerprint density at radius 2 is 1.93 bits per heavy atom. The molecule has 3 aliphatic rings. The quantitative estimate of drug-likeness (QED) is 0.252. The van der Waals surface area contributed by atoms with Crippen molar-refractivity contribution in [1.29, 1.82) is 0 Å². The van der Waals surface area contributed by atoms with Crippen molar-refractivity contribution in [2.75, 3.05) is 33.3 Å². The van der Waals surface area contributed by atoms with Crippen LogP contribution in [0.15, 0.2) is 29.3 Å². The summed E-state index contributed by atoms with van der Waals surface area (Å²) in [5.41, 5.74) is 2.87. The molecule has 0 bridgehead atoms. The molecule has 29 heavy (non-hydrogen) atoms. The maximum absolute atomic E-state index is 6.21. The molecule has 2 N–H and O–H groups in total. The first-order valence-corrected chi connectivity index (χ1v) is 11.2. The third-order valence-electron chi connectivity index (χ3n) is 6.40. The molecule has 1 saturated carbocycles. The first-order valence-electron chi connectivity index (χ1n) is 11.2. The van der Waals surface area contributed by atoms with E-state index in [1.54, 1.807) is 0 Å². The van der Waals surface area contributed by atoms with Crippen molar-refractivity contribution in [2.24, 2.45) is 4.99 Å². The highest BCUT2D eigenvalue weighted by molar-refractivity contribution is 14.0. The summed E-state index contributed by atoms with van der Waals surface area (Å²) in [7, 11) is 1.87. The molecule has 1 aliphatic heterocycles. The van der Waals surface area contributed by atoms with E-state index in [0.29, 0.717) is 6.04 Å². The van der Waals surface area contributed by atoms with E-state index in [-0.39, 0.29) is 30.1 Å². The second-order valence-electron chi connectivity index (χ2n) is 8.49. The van der Waals surface area contributed by atoms with E-state index < -0.39 is 0 Å². The molecular formula is C23H37IN4O. The first-order chi connectivity index (χ1) is 13.8. The molecule has 1 aromatic rings. The minimum absolute atomic E-state index is 0. The van der Waals surface area contributed by atoms with Crippen LogP contribution in [0, 0.1) is 0 Å². The molecule has 162 valence electrons. The van der Waals surface area contributed by atoms with Gasteiger partial charge in [-0.05, 0) is 62.5 Å². The maximum Gasteiger partial charge on any atom is 0.191 e. The molecule has 1 atom stereocenters. The van der Waals surface area contributed by atoms with Crippen molar-refractivity contribution in [2.45, 2.75) is 69.6 Å². The number of halogens is 1. The molecule has 5 nitrogen and oxygen atoms in total. The Kier molecular flexibility index (Phi) is 9.06. The fourth-order valence-corrected chi connectivity index (χ4v) is 4.62. The zero-order chi connectivity index (χ0) is 19.2. The van der Waals surface area contributed by atoms with Crippen LogP contribution in [0.3, 0.4) is 0 Å². The van der Waals surface area contributed by atoms with E-state index >= 15 is 0 Å². The number of rotatable bonds is 7. The van der Waals surface area contributed by atoms with Crippen LogP contribution >= 0.6 is 24.0 Å². The molecule has 1 unspecified atom stereocenters. The van der Waals surface area contributed by atoms with Gasteiger partial charge in [0.15, 0.2) is 5.96 Å². The number of likely N-dealkylation sites (tertiary alicyclic amines) is 1. The van der Waals surface area contributed by atoms with Crippen LogP contribution in [0.25, 0.3) is 0 Å². The monoisotopic (exact) mass is 512 g/mol. The van der Waals surface area contributed by atoms with Gasteiger partial charge in [0.25, 0.3) is 0 Å². The molecule has 1 aromatic carbocycles. The van der Waals surface area contributed by atoms with Gasteiger partial charge in [0.2, 0.25) is 0 Å². The molecule has 0 amide bonds. The van der Waals surface area contributed by atoms with E-state index in [4.69, 9.17) is 4.74 Å². The van der Waals surface area contributed by atoms with Gasteiger partial charge in [-0.1, -0.05) is 24.3 Å². The van der Waals surface area contributed by atoms with Crippen molar-refractivity contribution >= 4 is 29.9 Å². The van der Waals surface area contributed by atoms with E-state index in [2.05, 4.69) is 44.8 Å². The Hall–Kier alpha value is -0.860. The number of hydrogen-bond acceptors (Lipinski definition) is 3. The topological polar surface area (TPSA) is 48.9 Å². The highest BCUT2D eigenvalue weighted by Crippen LogP contribution is 2.32. The summed E-state index contributed by atoms with van der Waals surface area (Å²) < 4.78 is 6.21. The summed E-state index contributed by atoms with van der Waals surface area (Å²) in [6.07, 6.45) is 10.1. The number of hydrogen-bond donors (Lipinski definition) is 2. The van der Waals surface area contributed by atoms with Gasteiger partial charge >= 0.3 is 0 Å². The van der Waals surface area contributed by atoms with E-state index in [0.717, 1.165) is 38.0 Å². The summed E-state index contributed by atoms with van der Waals surface area (Å²) >= 11 is 0. The number of ether oxygens (including phenoxy) is 1. The maximum atomic E-state index is 6.21. The SMILES string of the molecule is CN=C(NCCCOC1CCCc2ccccc21)NC1CCN(C2CC2)CC1.I. The van der Waals surface area contributed by atoms with Gasteiger partial charge in [-0.25, -0.2) is 0 Å². The van der Waals surface area contributed by atoms with Gasteiger partial charge in [-0.3, -0.25) is 4.99 Å². The highest BCUT2D eigenvalue weighted by Gasteiger charge is 2.31. The van der Waals surface area contributed by atoms with Gasteiger partial charge in [-0.2, -0.15) is 0 Å². The van der Waals surface area contributed by atoms with Crippen LogP contribution < -0.4 is 10.6 Å². The fourth-order valence-electron chi connectivity index (χ4n) is 4.62. The van der Waals surface area contributed by atoms with Crippen molar-refractivity contribution < 1.29 is 4.74 Å². The molecule has 1 heterocycles. The number of aliphatic imine (C=N–C) groups is 1. The Labute approximate surface area is 193 Å². The largest absolute Gasteiger partial charge is 0.373 e. The molecule has 6 heteroatoms. The van der Waals surface area contributed by atoms with Crippen LogP contribution in [0.5, 0.6) is 0 Å². The molecule has 4 rings (SSSR count). The lowest BCUT2D eigenvalue weighted by Crippen LogP contribution is -2.49. The van der Waals surface area contributed by atoms with Crippen molar-refractivity contribution in [1.82, 2.24) is 15.5 Å².